The van der Waals surface area contributed by atoms with Crippen LogP contribution in [0.4, 0.5) is 5.82 Å². The van der Waals surface area contributed by atoms with Gasteiger partial charge in [-0.3, -0.25) is 22.9 Å². The number of carbonyl (C=O) groups excluding carboxylic acids is 1. The molecule has 5 heterocycles. The number of aromatic nitrogens is 4. The molecule has 0 spiro atoms. The van der Waals surface area contributed by atoms with E-state index >= 15 is 0 Å². The zero-order valence-corrected chi connectivity index (χ0v) is 38.8. The van der Waals surface area contributed by atoms with E-state index in [2.05, 4.69) is 23.8 Å². The zero-order chi connectivity index (χ0) is 35.2. The number of allylic oxidation sites excluding steroid dienone is 1. The number of aliphatic hydroxyl groups excluding tert-OH is 3. The third-order valence-corrected chi connectivity index (χ3v) is 10.2. The average Bonchev–Trinajstić information content (AvgIpc) is 3.64. The van der Waals surface area contributed by atoms with Crippen LogP contribution in [0.1, 0.15) is 12.6 Å². The van der Waals surface area contributed by atoms with Crippen molar-refractivity contribution >= 4 is 165 Å². The Morgan fingerprint density at radius 2 is 1.46 bits per heavy atom. The summed E-state index contributed by atoms with van der Waals surface area (Å²) in [5.74, 6) is -0.791. The van der Waals surface area contributed by atoms with Crippen LogP contribution in [0.2, 0.25) is 0 Å². The van der Waals surface area contributed by atoms with Gasteiger partial charge in [0.15, 0.2) is 23.9 Å². The minimum Gasteiger partial charge on any atom is -0.387 e. The van der Waals surface area contributed by atoms with E-state index in [1.165, 1.54) is 23.4 Å². The van der Waals surface area contributed by atoms with Crippen molar-refractivity contribution in [1.29, 1.82) is 0 Å². The first kappa shape index (κ1) is 51.3. The summed E-state index contributed by atoms with van der Waals surface area (Å²) in [6.07, 6.45) is -6.47. The predicted molar refractivity (Wildman–Crippen MR) is 176 cm³/mol. The van der Waals surface area contributed by atoms with Crippen LogP contribution < -0.4 is 11.5 Å². The number of phosphoric acid groups is 3. The molecule has 5 rings (SSSR count). The molecule has 2 unspecified atom stereocenters. The van der Waals surface area contributed by atoms with Crippen molar-refractivity contribution in [2.45, 2.75) is 55.5 Å². The smallest absolute Gasteiger partial charge is 0.387 e. The summed E-state index contributed by atoms with van der Waals surface area (Å²) in [6.45, 7) is -2.02. The van der Waals surface area contributed by atoms with Gasteiger partial charge in [0.25, 0.3) is 0 Å². The van der Waals surface area contributed by atoms with Crippen molar-refractivity contribution in [2.75, 3.05) is 18.9 Å². The number of hydrogen-bond acceptors (Lipinski definition) is 18. The number of nitrogens with zero attached hydrogens (tertiary/aromatic N) is 5. The molecule has 52 heavy (non-hydrogen) atoms. The second kappa shape index (κ2) is 20.8. The molecule has 11 N–H and O–H groups in total. The Labute approximate surface area is 382 Å². The molecule has 10 atom stereocenters. The molecule has 270 valence electrons. The number of anilines is 1. The number of aliphatic hydroxyl groups is 3. The molecule has 3 aliphatic heterocycles. The predicted octanol–water partition coefficient (Wildman–Crippen LogP) is -4.09. The fraction of sp³-hybridized carbons (Fsp3) is 0.524. The Hall–Kier alpha value is 1.27. The van der Waals surface area contributed by atoms with Gasteiger partial charge in [0.1, 0.15) is 48.5 Å². The summed E-state index contributed by atoms with van der Waals surface area (Å²) in [6, 6.07) is 0. The van der Waals surface area contributed by atoms with Gasteiger partial charge in [-0.2, -0.15) is 4.31 Å². The second-order valence-corrected chi connectivity index (χ2v) is 14.6. The summed E-state index contributed by atoms with van der Waals surface area (Å²) >= 11 is 0. The summed E-state index contributed by atoms with van der Waals surface area (Å²) < 4.78 is 67.2. The van der Waals surface area contributed by atoms with E-state index in [0.29, 0.717) is 0 Å². The van der Waals surface area contributed by atoms with E-state index < -0.39 is 91.7 Å². The molecule has 1 amide bonds. The van der Waals surface area contributed by atoms with Gasteiger partial charge in [-0.05, 0) is 6.42 Å². The van der Waals surface area contributed by atoms with Crippen LogP contribution in [-0.4, -0.2) is 240 Å². The van der Waals surface area contributed by atoms with Crippen molar-refractivity contribution in [1.82, 2.24) is 24.4 Å². The van der Waals surface area contributed by atoms with Crippen molar-refractivity contribution in [3.05, 3.63) is 36.7 Å². The maximum absolute atomic E-state index is 12.6. The molecular formula is C21H30N7Na4O17P3. The SMILES string of the molecule is NC(=O)C1=CN([C@@H]2O[C@H](COP(=O)(O)OP(=O)(O)OC[C@H]3O[C@@H](n4cnc5c(N)ncnc54)[C@H](OP(=O)(O)O)[C@@H]3O)[C@@H](O)[C@H]2O)C=CC1.[Na].[Na].[Na].[Na]. The Morgan fingerprint density at radius 1 is 0.885 bits per heavy atom. The minimum absolute atomic E-state index is 0. The first-order chi connectivity index (χ1) is 22.4. The van der Waals surface area contributed by atoms with Crippen LogP contribution in [0.3, 0.4) is 0 Å². The number of ether oxygens (including phenoxy) is 2. The molecule has 24 nitrogen and oxygen atoms in total. The molecule has 2 saturated heterocycles. The van der Waals surface area contributed by atoms with Crippen LogP contribution >= 0.6 is 23.5 Å². The number of phosphoric ester groups is 3. The van der Waals surface area contributed by atoms with Gasteiger partial charge < -0.3 is 60.7 Å². The molecule has 3 aliphatic rings. The molecule has 0 aromatic carbocycles. The van der Waals surface area contributed by atoms with Crippen molar-refractivity contribution in [2.24, 2.45) is 5.73 Å². The van der Waals surface area contributed by atoms with Gasteiger partial charge in [0, 0.05) is 136 Å². The molecule has 2 fully saturated rings. The number of rotatable bonds is 13. The molecule has 0 aliphatic carbocycles. The fourth-order valence-electron chi connectivity index (χ4n) is 4.93. The van der Waals surface area contributed by atoms with Crippen LogP contribution in [0.15, 0.2) is 36.7 Å². The minimum atomic E-state index is -5.52. The maximum atomic E-state index is 12.6. The fourth-order valence-corrected chi connectivity index (χ4v) is 7.57. The van der Waals surface area contributed by atoms with E-state index in [9.17, 15) is 53.4 Å². The third kappa shape index (κ3) is 12.6. The van der Waals surface area contributed by atoms with Crippen LogP contribution in [-0.2, 0) is 45.8 Å². The number of primary amides is 1. The number of imidazole rings is 1. The maximum Gasteiger partial charge on any atom is 0.481 e. The topological polar surface area (TPSA) is 364 Å². The normalized spacial score (nSPS) is 29.4. The van der Waals surface area contributed by atoms with Gasteiger partial charge in [-0.1, -0.05) is 6.08 Å². The summed E-state index contributed by atoms with van der Waals surface area (Å²) in [4.78, 5) is 63.4. The summed E-state index contributed by atoms with van der Waals surface area (Å²) in [5, 5.41) is 31.5. The molecule has 31 heteroatoms. The number of nitrogen functional groups attached to an aromatic ring is 1. The van der Waals surface area contributed by atoms with Gasteiger partial charge in [0.05, 0.1) is 19.5 Å². The van der Waals surface area contributed by atoms with E-state index in [1.54, 1.807) is 0 Å². The van der Waals surface area contributed by atoms with Gasteiger partial charge in [-0.15, -0.1) is 0 Å². The Balaban J connectivity index is 0.00000338. The third-order valence-electron chi connectivity index (χ3n) is 7.11. The molecule has 2 aromatic rings. The second-order valence-electron chi connectivity index (χ2n) is 10.4. The first-order valence-corrected chi connectivity index (χ1v) is 18.0. The van der Waals surface area contributed by atoms with Gasteiger partial charge >= 0.3 is 23.5 Å². The number of nitrogens with two attached hydrogens (primary N) is 2. The Morgan fingerprint density at radius 3 is 2.04 bits per heavy atom. The Kier molecular flexibility index (Phi) is 20.5. The molecule has 0 saturated carbocycles. The van der Waals surface area contributed by atoms with Gasteiger partial charge in [0.2, 0.25) is 5.91 Å². The van der Waals surface area contributed by atoms with Crippen molar-refractivity contribution < 1.29 is 80.7 Å². The standard InChI is InChI=1S/C21H30N7O17P3.4Na/c22-17-12-19(25-7-24-17)28(8-26-12)21-16(44-46(33,34)35)14(30)11(43-21)6-41-48(38,39)45-47(36,37)40-5-10-13(29)15(31)20(42-10)27-3-1-2-9(4-27)18(23)32;;;;/h1,3-4,7-8,10-11,13-16,20-21,29-31H,2,5-6H2,(H2,23,32)(H,36,37)(H,38,39)(H2,22,24,25)(H2,33,34,35);;;;/t10-,11-,13-,14-,15-,16-,20-,21-;;;;/m1..../s1. The number of amides is 1. The number of fused-ring (bicyclic) bond motifs is 1. The van der Waals surface area contributed by atoms with Gasteiger partial charge in [-0.25, -0.2) is 28.6 Å². The van der Waals surface area contributed by atoms with Crippen molar-refractivity contribution in [3.63, 3.8) is 0 Å². The average molecular weight is 837 g/mol. The van der Waals surface area contributed by atoms with E-state index in [0.717, 1.165) is 17.2 Å². The first-order valence-electron chi connectivity index (χ1n) is 13.5. The molecule has 4 radical (unpaired) electrons. The van der Waals surface area contributed by atoms with Crippen molar-refractivity contribution in [3.8, 4) is 0 Å². The number of hydrogen-bond donors (Lipinski definition) is 9. The summed E-state index contributed by atoms with van der Waals surface area (Å²) in [5.41, 5.74) is 11.3. The van der Waals surface area contributed by atoms with E-state index in [1.807, 2.05) is 0 Å². The van der Waals surface area contributed by atoms with Crippen LogP contribution in [0.5, 0.6) is 0 Å². The Bertz CT molecular complexity index is 1760. The van der Waals surface area contributed by atoms with E-state index in [4.69, 9.17) is 30.0 Å². The number of carbonyl (C=O) groups is 1. The monoisotopic (exact) mass is 837 g/mol. The molecule has 0 bridgehead atoms. The van der Waals surface area contributed by atoms with E-state index in [-0.39, 0.29) is 147 Å². The summed E-state index contributed by atoms with van der Waals surface area (Å²) in [7, 11) is -16.3. The van der Waals surface area contributed by atoms with Crippen LogP contribution in [0, 0.1) is 0 Å². The molecule has 2 aromatic heterocycles. The zero-order valence-electron chi connectivity index (χ0n) is 28.1. The largest absolute Gasteiger partial charge is 0.481 e. The van der Waals surface area contributed by atoms with Crippen LogP contribution in [0.25, 0.3) is 11.2 Å². The molecular weight excluding hydrogens is 807 g/mol. The quantitative estimate of drug-likeness (QED) is 0.0684.